The van der Waals surface area contributed by atoms with Crippen molar-refractivity contribution in [2.24, 2.45) is 5.16 Å². The maximum absolute atomic E-state index is 11.4. The fraction of sp³-hybridized carbons (Fsp3) is 0.579. The van der Waals surface area contributed by atoms with Crippen LogP contribution in [0.4, 0.5) is 0 Å². The number of ether oxygens (including phenoxy) is 2. The molecule has 5 heteroatoms. The number of carbonyl (C=O) groups excluding carboxylic acids is 1. The summed E-state index contributed by atoms with van der Waals surface area (Å²) in [7, 11) is 0. The average molecular weight is 335 g/mol. The predicted molar refractivity (Wildman–Crippen MR) is 95.0 cm³/mol. The zero-order valence-corrected chi connectivity index (χ0v) is 15.2. The number of esters is 1. The summed E-state index contributed by atoms with van der Waals surface area (Å²) in [4.78, 5) is 11.4. The second-order valence-corrected chi connectivity index (χ2v) is 6.70. The van der Waals surface area contributed by atoms with Gasteiger partial charge in [0.1, 0.15) is 5.75 Å². The Bertz CT molecular complexity index is 529. The minimum absolute atomic E-state index is 0.0792. The topological polar surface area (TPSA) is 68.1 Å². The van der Waals surface area contributed by atoms with Crippen molar-refractivity contribution in [1.82, 2.24) is 0 Å². The molecule has 0 spiro atoms. The molecule has 0 aromatic heterocycles. The lowest BCUT2D eigenvalue weighted by Gasteiger charge is -2.19. The van der Waals surface area contributed by atoms with Crippen molar-refractivity contribution in [1.29, 1.82) is 0 Å². The van der Waals surface area contributed by atoms with Gasteiger partial charge in [0.2, 0.25) is 0 Å². The third-order valence-electron chi connectivity index (χ3n) is 3.68. The molecule has 0 aliphatic heterocycles. The molecule has 0 amide bonds. The summed E-state index contributed by atoms with van der Waals surface area (Å²) < 4.78 is 10.5. The van der Waals surface area contributed by atoms with Gasteiger partial charge in [-0.2, -0.15) is 0 Å². The summed E-state index contributed by atoms with van der Waals surface area (Å²) in [5.74, 6) is 0.322. The summed E-state index contributed by atoms with van der Waals surface area (Å²) in [6.45, 7) is 9.17. The molecule has 1 aromatic carbocycles. The van der Waals surface area contributed by atoms with Gasteiger partial charge >= 0.3 is 5.97 Å². The van der Waals surface area contributed by atoms with Crippen LogP contribution in [0.15, 0.2) is 29.4 Å². The quantitative estimate of drug-likeness (QED) is 0.240. The van der Waals surface area contributed by atoms with Crippen molar-refractivity contribution in [3.05, 3.63) is 29.8 Å². The van der Waals surface area contributed by atoms with Crippen LogP contribution in [0, 0.1) is 0 Å². The van der Waals surface area contributed by atoms with E-state index in [2.05, 4.69) is 38.1 Å². The van der Waals surface area contributed by atoms with E-state index in [0.717, 1.165) is 25.0 Å². The van der Waals surface area contributed by atoms with E-state index in [9.17, 15) is 4.79 Å². The summed E-state index contributed by atoms with van der Waals surface area (Å²) in [6.07, 6.45) is 2.93. The van der Waals surface area contributed by atoms with E-state index < -0.39 is 5.97 Å². The highest BCUT2D eigenvalue weighted by atomic mass is 16.5. The fourth-order valence-corrected chi connectivity index (χ4v) is 2.22. The van der Waals surface area contributed by atoms with Gasteiger partial charge in [0.05, 0.1) is 13.2 Å². The van der Waals surface area contributed by atoms with Gasteiger partial charge in [-0.3, -0.25) is 0 Å². The van der Waals surface area contributed by atoms with Gasteiger partial charge in [-0.25, -0.2) is 4.79 Å². The van der Waals surface area contributed by atoms with Crippen molar-refractivity contribution in [3.8, 4) is 5.75 Å². The van der Waals surface area contributed by atoms with Crippen LogP contribution in [0.3, 0.4) is 0 Å². The predicted octanol–water partition coefficient (Wildman–Crippen LogP) is 4.32. The van der Waals surface area contributed by atoms with Crippen molar-refractivity contribution in [2.75, 3.05) is 13.2 Å². The number of hydrogen-bond donors (Lipinski definition) is 1. The molecular weight excluding hydrogens is 306 g/mol. The Morgan fingerprint density at radius 3 is 2.33 bits per heavy atom. The Labute approximate surface area is 144 Å². The maximum atomic E-state index is 11.4. The summed E-state index contributed by atoms with van der Waals surface area (Å²) >= 11 is 0. The largest absolute Gasteiger partial charge is 0.494 e. The Kier molecular flexibility index (Phi) is 8.30. The standard InChI is InChI=1S/C19H29NO4/c1-5-23-18(21)17(20-22)9-7-6-8-14-24-16-12-10-15(11-13-16)19(2,3)4/h10-13,22H,5-9,14H2,1-4H3/b20-17-. The van der Waals surface area contributed by atoms with Crippen molar-refractivity contribution >= 4 is 11.7 Å². The van der Waals surface area contributed by atoms with Crippen LogP contribution in [0.1, 0.15) is 58.9 Å². The first-order valence-electron chi connectivity index (χ1n) is 8.50. The molecule has 0 atom stereocenters. The number of hydrogen-bond acceptors (Lipinski definition) is 5. The third kappa shape index (κ3) is 7.02. The molecule has 0 unspecified atom stereocenters. The third-order valence-corrected chi connectivity index (χ3v) is 3.68. The average Bonchev–Trinajstić information content (AvgIpc) is 2.54. The number of unbranched alkanes of at least 4 members (excludes halogenated alkanes) is 2. The monoisotopic (exact) mass is 335 g/mol. The molecule has 0 aliphatic carbocycles. The van der Waals surface area contributed by atoms with Crippen LogP contribution in [0.5, 0.6) is 5.75 Å². The number of oxime groups is 1. The molecular formula is C19H29NO4. The molecule has 0 saturated carbocycles. The van der Waals surface area contributed by atoms with Gasteiger partial charge in [0.25, 0.3) is 0 Å². The normalized spacial score (nSPS) is 12.1. The minimum Gasteiger partial charge on any atom is -0.494 e. The summed E-state index contributed by atoms with van der Waals surface area (Å²) in [5.41, 5.74) is 1.50. The number of rotatable bonds is 9. The Morgan fingerprint density at radius 1 is 1.12 bits per heavy atom. The van der Waals surface area contributed by atoms with Crippen molar-refractivity contribution < 1.29 is 19.5 Å². The molecule has 0 aliphatic rings. The molecule has 0 heterocycles. The Morgan fingerprint density at radius 2 is 1.79 bits per heavy atom. The number of benzene rings is 1. The van der Waals surface area contributed by atoms with E-state index in [1.54, 1.807) is 6.92 Å². The lowest BCUT2D eigenvalue weighted by molar-refractivity contribution is -0.135. The van der Waals surface area contributed by atoms with Crippen LogP contribution in [-0.4, -0.2) is 30.1 Å². The first-order valence-corrected chi connectivity index (χ1v) is 8.50. The van der Waals surface area contributed by atoms with E-state index in [-0.39, 0.29) is 17.7 Å². The number of carbonyl (C=O) groups is 1. The lowest BCUT2D eigenvalue weighted by atomic mass is 9.87. The second kappa shape index (κ2) is 9.96. The molecule has 0 radical (unpaired) electrons. The molecule has 0 bridgehead atoms. The first-order chi connectivity index (χ1) is 11.4. The molecule has 1 rings (SSSR count). The van der Waals surface area contributed by atoms with E-state index in [4.69, 9.17) is 14.7 Å². The first kappa shape index (κ1) is 20.0. The van der Waals surface area contributed by atoms with Gasteiger partial charge in [0.15, 0.2) is 5.71 Å². The van der Waals surface area contributed by atoms with Crippen molar-refractivity contribution in [2.45, 2.75) is 58.8 Å². The van der Waals surface area contributed by atoms with Gasteiger partial charge in [-0.15, -0.1) is 0 Å². The smallest absolute Gasteiger partial charge is 0.356 e. The highest BCUT2D eigenvalue weighted by Gasteiger charge is 2.13. The van der Waals surface area contributed by atoms with E-state index >= 15 is 0 Å². The summed E-state index contributed by atoms with van der Waals surface area (Å²) in [5, 5.41) is 11.8. The molecule has 1 aromatic rings. The highest BCUT2D eigenvalue weighted by molar-refractivity contribution is 6.36. The zero-order chi connectivity index (χ0) is 18.0. The SMILES string of the molecule is CCOC(=O)/C(CCCCCOc1ccc(C(C)(C)C)cc1)=N\O. The fourth-order valence-electron chi connectivity index (χ4n) is 2.22. The van der Waals surface area contributed by atoms with Gasteiger partial charge in [-0.1, -0.05) is 38.1 Å². The molecule has 1 N–H and O–H groups in total. The maximum Gasteiger partial charge on any atom is 0.356 e. The molecule has 0 fully saturated rings. The Balaban J connectivity index is 2.23. The van der Waals surface area contributed by atoms with Crippen LogP contribution in [-0.2, 0) is 14.9 Å². The zero-order valence-electron chi connectivity index (χ0n) is 15.2. The lowest BCUT2D eigenvalue weighted by Crippen LogP contribution is -2.17. The van der Waals surface area contributed by atoms with Crippen molar-refractivity contribution in [3.63, 3.8) is 0 Å². The molecule has 134 valence electrons. The molecule has 5 nitrogen and oxygen atoms in total. The number of nitrogens with zero attached hydrogens (tertiary/aromatic N) is 1. The van der Waals surface area contributed by atoms with Crippen LogP contribution < -0.4 is 4.74 Å². The van der Waals surface area contributed by atoms with Crippen LogP contribution in [0.2, 0.25) is 0 Å². The van der Waals surface area contributed by atoms with Crippen LogP contribution >= 0.6 is 0 Å². The molecule has 24 heavy (non-hydrogen) atoms. The van der Waals surface area contributed by atoms with Gasteiger partial charge in [0, 0.05) is 6.42 Å². The second-order valence-electron chi connectivity index (χ2n) is 6.70. The highest BCUT2D eigenvalue weighted by Crippen LogP contribution is 2.24. The van der Waals surface area contributed by atoms with E-state index in [1.165, 1.54) is 5.56 Å². The van der Waals surface area contributed by atoms with Gasteiger partial charge < -0.3 is 14.7 Å². The minimum atomic E-state index is -0.546. The molecule has 0 saturated heterocycles. The van der Waals surface area contributed by atoms with Gasteiger partial charge in [-0.05, 0) is 49.3 Å². The Hall–Kier alpha value is -2.04. The van der Waals surface area contributed by atoms with Crippen LogP contribution in [0.25, 0.3) is 0 Å². The summed E-state index contributed by atoms with van der Waals surface area (Å²) in [6, 6.07) is 8.19. The van der Waals surface area contributed by atoms with E-state index in [0.29, 0.717) is 13.0 Å². The van der Waals surface area contributed by atoms with E-state index in [1.807, 2.05) is 12.1 Å².